The molecule has 5 nitrogen and oxygen atoms in total. The molecule has 2 aromatic rings. The number of anilines is 1. The minimum absolute atomic E-state index is 0.187. The highest BCUT2D eigenvalue weighted by molar-refractivity contribution is 7.11. The quantitative estimate of drug-likeness (QED) is 0.606. The molecule has 1 atom stereocenters. The summed E-state index contributed by atoms with van der Waals surface area (Å²) in [5.41, 5.74) is 2.01. The zero-order chi connectivity index (χ0) is 19.2. The van der Waals surface area contributed by atoms with Gasteiger partial charge in [0.25, 0.3) is 0 Å². The zero-order valence-corrected chi connectivity index (χ0v) is 17.1. The van der Waals surface area contributed by atoms with E-state index < -0.39 is 0 Å². The van der Waals surface area contributed by atoms with Crippen molar-refractivity contribution in [1.82, 2.24) is 15.6 Å². The van der Waals surface area contributed by atoms with Crippen LogP contribution in [0.5, 0.6) is 0 Å². The zero-order valence-electron chi connectivity index (χ0n) is 16.3. The van der Waals surface area contributed by atoms with Gasteiger partial charge in [0.15, 0.2) is 5.96 Å². The molecule has 2 N–H and O–H groups in total. The molecule has 1 aromatic carbocycles. The molecule has 1 aromatic heterocycles. The number of aromatic nitrogens is 1. The topological polar surface area (TPSA) is 52.6 Å². The fraction of sp³-hybridized carbons (Fsp3) is 0.500. The van der Waals surface area contributed by atoms with Crippen molar-refractivity contribution in [3.05, 3.63) is 45.7 Å². The molecule has 0 spiro atoms. The first-order valence-corrected chi connectivity index (χ1v) is 10.3. The second kappa shape index (κ2) is 9.17. The van der Waals surface area contributed by atoms with E-state index in [0.717, 1.165) is 54.8 Å². The molecule has 0 amide bonds. The Labute approximate surface area is 164 Å². The maximum absolute atomic E-state index is 13.6. The maximum Gasteiger partial charge on any atom is 0.191 e. The Hall–Kier alpha value is -2.15. The van der Waals surface area contributed by atoms with Crippen LogP contribution in [0.15, 0.2) is 29.3 Å². The van der Waals surface area contributed by atoms with Crippen LogP contribution in [0.4, 0.5) is 10.1 Å². The normalized spacial score (nSPS) is 17.9. The van der Waals surface area contributed by atoms with Crippen molar-refractivity contribution in [2.75, 3.05) is 24.5 Å². The van der Waals surface area contributed by atoms with Crippen LogP contribution in [-0.4, -0.2) is 36.6 Å². The van der Waals surface area contributed by atoms with Crippen LogP contribution in [0.25, 0.3) is 0 Å². The van der Waals surface area contributed by atoms with Crippen LogP contribution in [0.2, 0.25) is 0 Å². The molecule has 1 unspecified atom stereocenters. The summed E-state index contributed by atoms with van der Waals surface area (Å²) in [6.07, 6.45) is 2.15. The van der Waals surface area contributed by atoms with Gasteiger partial charge in [-0.25, -0.2) is 14.4 Å². The third-order valence-electron chi connectivity index (χ3n) is 4.66. The van der Waals surface area contributed by atoms with Crippen LogP contribution < -0.4 is 15.5 Å². The molecule has 3 rings (SSSR count). The van der Waals surface area contributed by atoms with E-state index in [1.807, 2.05) is 19.9 Å². The molecule has 1 aliphatic heterocycles. The van der Waals surface area contributed by atoms with Gasteiger partial charge in [0.05, 0.1) is 17.2 Å². The number of guanidine groups is 1. The Morgan fingerprint density at radius 2 is 2.26 bits per heavy atom. The lowest BCUT2D eigenvalue weighted by molar-refractivity contribution is 0.467. The third-order valence-corrected chi connectivity index (χ3v) is 5.72. The van der Waals surface area contributed by atoms with Crippen molar-refractivity contribution in [3.63, 3.8) is 0 Å². The highest BCUT2D eigenvalue weighted by Gasteiger charge is 2.21. The van der Waals surface area contributed by atoms with Crippen LogP contribution in [0.1, 0.15) is 35.3 Å². The van der Waals surface area contributed by atoms with Crippen molar-refractivity contribution in [1.29, 1.82) is 0 Å². The lowest BCUT2D eigenvalue weighted by Crippen LogP contribution is -2.51. The first kappa shape index (κ1) is 19.6. The molecule has 0 radical (unpaired) electrons. The van der Waals surface area contributed by atoms with E-state index in [1.165, 1.54) is 10.9 Å². The van der Waals surface area contributed by atoms with E-state index in [-0.39, 0.29) is 11.9 Å². The predicted molar refractivity (Wildman–Crippen MR) is 111 cm³/mol. The second-order valence-corrected chi connectivity index (χ2v) is 8.13. The number of benzene rings is 1. The monoisotopic (exact) mass is 389 g/mol. The van der Waals surface area contributed by atoms with Gasteiger partial charge in [0.1, 0.15) is 5.82 Å². The highest BCUT2D eigenvalue weighted by Crippen LogP contribution is 2.21. The van der Waals surface area contributed by atoms with Crippen molar-refractivity contribution >= 4 is 23.0 Å². The summed E-state index contributed by atoms with van der Waals surface area (Å²) in [7, 11) is 0. The van der Waals surface area contributed by atoms with Crippen LogP contribution in [0.3, 0.4) is 0 Å². The highest BCUT2D eigenvalue weighted by atomic mass is 32.1. The average molecular weight is 390 g/mol. The van der Waals surface area contributed by atoms with Crippen LogP contribution in [0, 0.1) is 19.7 Å². The molecule has 1 saturated heterocycles. The van der Waals surface area contributed by atoms with Gasteiger partial charge in [0, 0.05) is 36.2 Å². The first-order chi connectivity index (χ1) is 13.0. The Morgan fingerprint density at radius 1 is 1.41 bits per heavy atom. The molecule has 146 valence electrons. The fourth-order valence-electron chi connectivity index (χ4n) is 3.39. The van der Waals surface area contributed by atoms with Gasteiger partial charge in [0.2, 0.25) is 0 Å². The number of halogens is 1. The molecular weight excluding hydrogens is 361 g/mol. The van der Waals surface area contributed by atoms with E-state index in [1.54, 1.807) is 23.5 Å². The number of nitrogens with one attached hydrogen (secondary N) is 2. The van der Waals surface area contributed by atoms with Gasteiger partial charge in [-0.2, -0.15) is 0 Å². The first-order valence-electron chi connectivity index (χ1n) is 9.53. The predicted octanol–water partition coefficient (Wildman–Crippen LogP) is 3.62. The largest absolute Gasteiger partial charge is 0.369 e. The summed E-state index contributed by atoms with van der Waals surface area (Å²) in [6.45, 7) is 9.37. The molecule has 27 heavy (non-hydrogen) atoms. The number of nitrogens with zero attached hydrogens (tertiary/aromatic N) is 3. The number of aliphatic imine (C=N–C) groups is 1. The molecule has 0 saturated carbocycles. The molecule has 0 bridgehead atoms. The maximum atomic E-state index is 13.6. The van der Waals surface area contributed by atoms with E-state index in [4.69, 9.17) is 4.99 Å². The summed E-state index contributed by atoms with van der Waals surface area (Å²) >= 11 is 1.70. The Kier molecular flexibility index (Phi) is 6.66. The van der Waals surface area contributed by atoms with Gasteiger partial charge in [-0.05, 0) is 51.8 Å². The van der Waals surface area contributed by atoms with E-state index in [2.05, 4.69) is 27.4 Å². The minimum Gasteiger partial charge on any atom is -0.369 e. The summed E-state index contributed by atoms with van der Waals surface area (Å²) < 4.78 is 13.6. The van der Waals surface area contributed by atoms with Gasteiger partial charge in [-0.1, -0.05) is 6.07 Å². The smallest absolute Gasteiger partial charge is 0.191 e. The Balaban J connectivity index is 1.64. The van der Waals surface area contributed by atoms with Gasteiger partial charge in [-0.15, -0.1) is 11.3 Å². The summed E-state index contributed by atoms with van der Waals surface area (Å²) in [6, 6.07) is 7.12. The number of hydrogen-bond acceptors (Lipinski definition) is 4. The number of thiazole rings is 1. The molecule has 1 fully saturated rings. The van der Waals surface area contributed by atoms with Crippen LogP contribution >= 0.6 is 11.3 Å². The van der Waals surface area contributed by atoms with Crippen molar-refractivity contribution in [3.8, 4) is 0 Å². The molecule has 7 heteroatoms. The minimum atomic E-state index is -0.187. The standard InChI is InChI=1S/C20H28FN5S/c1-4-22-20(23-12-19-14(2)24-15(3)27-19)25-17-8-6-10-26(13-17)18-9-5-7-16(21)11-18/h5,7,9,11,17H,4,6,8,10,12-13H2,1-3H3,(H2,22,23,25). The van der Waals surface area contributed by atoms with Crippen molar-refractivity contribution in [2.45, 2.75) is 46.2 Å². The lowest BCUT2D eigenvalue weighted by atomic mass is 10.0. The molecule has 0 aliphatic carbocycles. The molecular formula is C20H28FN5S. The summed E-state index contributed by atoms with van der Waals surface area (Å²) in [4.78, 5) is 12.7. The third kappa shape index (κ3) is 5.42. The number of aryl methyl sites for hydroxylation is 2. The number of hydrogen-bond donors (Lipinski definition) is 2. The Morgan fingerprint density at radius 3 is 2.96 bits per heavy atom. The van der Waals surface area contributed by atoms with E-state index in [0.29, 0.717) is 6.54 Å². The van der Waals surface area contributed by atoms with E-state index in [9.17, 15) is 4.39 Å². The van der Waals surface area contributed by atoms with Gasteiger partial charge >= 0.3 is 0 Å². The van der Waals surface area contributed by atoms with Gasteiger partial charge in [-0.3, -0.25) is 0 Å². The SMILES string of the molecule is CCNC(=NCc1sc(C)nc1C)NC1CCCN(c2cccc(F)c2)C1. The van der Waals surface area contributed by atoms with Gasteiger partial charge < -0.3 is 15.5 Å². The average Bonchev–Trinajstić information content (AvgIpc) is 2.97. The second-order valence-electron chi connectivity index (χ2n) is 6.85. The summed E-state index contributed by atoms with van der Waals surface area (Å²) in [5.74, 6) is 0.641. The number of piperidine rings is 1. The molecule has 2 heterocycles. The van der Waals surface area contributed by atoms with E-state index >= 15 is 0 Å². The van der Waals surface area contributed by atoms with Crippen molar-refractivity contribution < 1.29 is 4.39 Å². The number of rotatable bonds is 5. The fourth-order valence-corrected chi connectivity index (χ4v) is 4.25. The summed E-state index contributed by atoms with van der Waals surface area (Å²) in [5, 5.41) is 7.97. The Bertz CT molecular complexity index is 788. The van der Waals surface area contributed by atoms with Crippen LogP contribution in [-0.2, 0) is 6.54 Å². The molecule has 1 aliphatic rings. The lowest BCUT2D eigenvalue weighted by Gasteiger charge is -2.35. The van der Waals surface area contributed by atoms with Crippen molar-refractivity contribution in [2.24, 2.45) is 4.99 Å².